The van der Waals surface area contributed by atoms with Crippen molar-refractivity contribution in [1.82, 2.24) is 10.3 Å². The van der Waals surface area contributed by atoms with E-state index in [1.165, 1.54) is 19.1 Å². The highest BCUT2D eigenvalue weighted by Crippen LogP contribution is 2.40. The number of carbonyl (C=O) groups excluding carboxylic acids is 1. The Morgan fingerprint density at radius 1 is 1.29 bits per heavy atom. The average Bonchev–Trinajstić information content (AvgIpc) is 3.33. The van der Waals surface area contributed by atoms with E-state index in [0.717, 1.165) is 12.2 Å². The number of rotatable bonds is 5. The van der Waals surface area contributed by atoms with Gasteiger partial charge in [-0.25, -0.2) is 4.79 Å². The van der Waals surface area contributed by atoms with Gasteiger partial charge in [0.25, 0.3) is 0 Å². The van der Waals surface area contributed by atoms with Crippen LogP contribution in [0.1, 0.15) is 34.0 Å². The van der Waals surface area contributed by atoms with Gasteiger partial charge in [0.2, 0.25) is 0 Å². The SMILES string of the molecule is COC(=O)c1ccc(CNC2CC2c2ccccc2)nc1. The van der Waals surface area contributed by atoms with Gasteiger partial charge in [-0.15, -0.1) is 0 Å². The Bertz CT molecular complexity index is 610. The third-order valence-electron chi connectivity index (χ3n) is 3.81. The molecule has 1 fully saturated rings. The summed E-state index contributed by atoms with van der Waals surface area (Å²) >= 11 is 0. The molecule has 1 aromatic heterocycles. The first-order valence-electron chi connectivity index (χ1n) is 7.09. The van der Waals surface area contributed by atoms with Crippen LogP contribution in [0.5, 0.6) is 0 Å². The van der Waals surface area contributed by atoms with Gasteiger partial charge in [0.1, 0.15) is 0 Å². The van der Waals surface area contributed by atoms with Crippen molar-refractivity contribution in [2.45, 2.75) is 24.9 Å². The molecule has 3 rings (SSSR count). The van der Waals surface area contributed by atoms with Gasteiger partial charge in [-0.3, -0.25) is 4.98 Å². The molecule has 4 heteroatoms. The van der Waals surface area contributed by atoms with Gasteiger partial charge < -0.3 is 10.1 Å². The van der Waals surface area contributed by atoms with Gasteiger partial charge in [0, 0.05) is 24.7 Å². The highest BCUT2D eigenvalue weighted by molar-refractivity contribution is 5.88. The summed E-state index contributed by atoms with van der Waals surface area (Å²) in [6.07, 6.45) is 2.73. The molecule has 2 unspecified atom stereocenters. The normalized spacial score (nSPS) is 20.0. The van der Waals surface area contributed by atoms with E-state index in [1.54, 1.807) is 12.3 Å². The first-order valence-corrected chi connectivity index (χ1v) is 7.09. The van der Waals surface area contributed by atoms with Gasteiger partial charge in [-0.1, -0.05) is 30.3 Å². The fraction of sp³-hybridized carbons (Fsp3) is 0.294. The standard InChI is InChI=1S/C17H18N2O2/c1-21-17(20)13-7-8-14(18-10-13)11-19-16-9-15(16)12-5-3-2-4-6-12/h2-8,10,15-16,19H,9,11H2,1H3. The lowest BCUT2D eigenvalue weighted by atomic mass is 10.1. The van der Waals surface area contributed by atoms with Crippen molar-refractivity contribution >= 4 is 5.97 Å². The third kappa shape index (κ3) is 3.28. The highest BCUT2D eigenvalue weighted by Gasteiger charge is 2.37. The van der Waals surface area contributed by atoms with E-state index < -0.39 is 0 Å². The van der Waals surface area contributed by atoms with Crippen molar-refractivity contribution in [3.8, 4) is 0 Å². The maximum absolute atomic E-state index is 11.3. The lowest BCUT2D eigenvalue weighted by Crippen LogP contribution is -2.18. The smallest absolute Gasteiger partial charge is 0.339 e. The quantitative estimate of drug-likeness (QED) is 0.856. The molecule has 0 amide bonds. The van der Waals surface area contributed by atoms with E-state index in [4.69, 9.17) is 0 Å². The van der Waals surface area contributed by atoms with Crippen molar-refractivity contribution in [2.24, 2.45) is 0 Å². The number of carbonyl (C=O) groups is 1. The Labute approximate surface area is 124 Å². The Morgan fingerprint density at radius 3 is 2.76 bits per heavy atom. The minimum atomic E-state index is -0.353. The van der Waals surface area contributed by atoms with E-state index in [1.807, 2.05) is 12.1 Å². The molecular weight excluding hydrogens is 264 g/mol. The van der Waals surface area contributed by atoms with Gasteiger partial charge in [0.05, 0.1) is 18.4 Å². The number of esters is 1. The molecule has 1 aliphatic rings. The molecule has 0 aliphatic heterocycles. The van der Waals surface area contributed by atoms with Crippen LogP contribution in [0.4, 0.5) is 0 Å². The maximum atomic E-state index is 11.3. The number of nitrogens with one attached hydrogen (secondary N) is 1. The molecule has 108 valence electrons. The molecule has 0 bridgehead atoms. The second-order valence-electron chi connectivity index (χ2n) is 5.27. The number of nitrogens with zero attached hydrogens (tertiary/aromatic N) is 1. The van der Waals surface area contributed by atoms with Crippen LogP contribution < -0.4 is 5.32 Å². The predicted octanol–water partition coefficient (Wildman–Crippen LogP) is 2.51. The minimum absolute atomic E-state index is 0.353. The zero-order chi connectivity index (χ0) is 14.7. The van der Waals surface area contributed by atoms with Crippen LogP contribution in [-0.2, 0) is 11.3 Å². The number of hydrogen-bond donors (Lipinski definition) is 1. The van der Waals surface area contributed by atoms with Crippen molar-refractivity contribution in [1.29, 1.82) is 0 Å². The molecule has 1 aromatic carbocycles. The Kier molecular flexibility index (Phi) is 3.97. The summed E-state index contributed by atoms with van der Waals surface area (Å²) < 4.78 is 4.65. The molecule has 0 saturated heterocycles. The van der Waals surface area contributed by atoms with E-state index in [-0.39, 0.29) is 5.97 Å². The molecular formula is C17H18N2O2. The van der Waals surface area contributed by atoms with Gasteiger partial charge in [0.15, 0.2) is 0 Å². The monoisotopic (exact) mass is 282 g/mol. The topological polar surface area (TPSA) is 51.2 Å². The number of pyridine rings is 1. The average molecular weight is 282 g/mol. The van der Waals surface area contributed by atoms with Gasteiger partial charge >= 0.3 is 5.97 Å². The van der Waals surface area contributed by atoms with E-state index in [9.17, 15) is 4.79 Å². The summed E-state index contributed by atoms with van der Waals surface area (Å²) in [5.74, 6) is 0.258. The predicted molar refractivity (Wildman–Crippen MR) is 80.0 cm³/mol. The van der Waals surface area contributed by atoms with Crippen LogP contribution in [0.25, 0.3) is 0 Å². The number of aromatic nitrogens is 1. The van der Waals surface area contributed by atoms with Crippen LogP contribution in [0.2, 0.25) is 0 Å². The third-order valence-corrected chi connectivity index (χ3v) is 3.81. The fourth-order valence-electron chi connectivity index (χ4n) is 2.49. The van der Waals surface area contributed by atoms with Crippen molar-refractivity contribution in [3.63, 3.8) is 0 Å². The molecule has 1 heterocycles. The second kappa shape index (κ2) is 6.06. The molecule has 0 radical (unpaired) electrons. The van der Waals surface area contributed by atoms with E-state index in [2.05, 4.69) is 39.3 Å². The summed E-state index contributed by atoms with van der Waals surface area (Å²) in [6.45, 7) is 0.718. The Morgan fingerprint density at radius 2 is 2.10 bits per heavy atom. The molecule has 1 saturated carbocycles. The first-order chi connectivity index (χ1) is 10.3. The molecule has 1 N–H and O–H groups in total. The number of benzene rings is 1. The number of ether oxygens (including phenoxy) is 1. The lowest BCUT2D eigenvalue weighted by Gasteiger charge is -2.05. The van der Waals surface area contributed by atoms with Crippen LogP contribution in [-0.4, -0.2) is 24.1 Å². The lowest BCUT2D eigenvalue weighted by molar-refractivity contribution is 0.0600. The second-order valence-corrected chi connectivity index (χ2v) is 5.27. The summed E-state index contributed by atoms with van der Waals surface area (Å²) in [7, 11) is 1.37. The van der Waals surface area contributed by atoms with Crippen LogP contribution >= 0.6 is 0 Å². The molecule has 0 spiro atoms. The van der Waals surface area contributed by atoms with Crippen LogP contribution in [0, 0.1) is 0 Å². The molecule has 4 nitrogen and oxygen atoms in total. The van der Waals surface area contributed by atoms with E-state index in [0.29, 0.717) is 17.5 Å². The molecule has 2 aromatic rings. The molecule has 1 aliphatic carbocycles. The number of methoxy groups -OCH3 is 1. The van der Waals surface area contributed by atoms with Gasteiger partial charge in [-0.05, 0) is 24.1 Å². The van der Waals surface area contributed by atoms with Crippen molar-refractivity contribution in [2.75, 3.05) is 7.11 Å². The Balaban J connectivity index is 1.52. The van der Waals surface area contributed by atoms with Crippen LogP contribution in [0.3, 0.4) is 0 Å². The number of hydrogen-bond acceptors (Lipinski definition) is 4. The molecule has 2 atom stereocenters. The largest absolute Gasteiger partial charge is 0.465 e. The maximum Gasteiger partial charge on any atom is 0.339 e. The van der Waals surface area contributed by atoms with Crippen molar-refractivity contribution in [3.05, 3.63) is 65.5 Å². The zero-order valence-corrected chi connectivity index (χ0v) is 12.0. The highest BCUT2D eigenvalue weighted by atomic mass is 16.5. The van der Waals surface area contributed by atoms with Gasteiger partial charge in [-0.2, -0.15) is 0 Å². The summed E-state index contributed by atoms with van der Waals surface area (Å²) in [5.41, 5.74) is 2.81. The first kappa shape index (κ1) is 13.8. The van der Waals surface area contributed by atoms with E-state index >= 15 is 0 Å². The Hall–Kier alpha value is -2.20. The fourth-order valence-corrected chi connectivity index (χ4v) is 2.49. The summed E-state index contributed by atoms with van der Waals surface area (Å²) in [5, 5.41) is 3.51. The zero-order valence-electron chi connectivity index (χ0n) is 12.0. The summed E-state index contributed by atoms with van der Waals surface area (Å²) in [6, 6.07) is 14.7. The summed E-state index contributed by atoms with van der Waals surface area (Å²) in [4.78, 5) is 15.6. The minimum Gasteiger partial charge on any atom is -0.465 e. The van der Waals surface area contributed by atoms with Crippen molar-refractivity contribution < 1.29 is 9.53 Å². The molecule has 21 heavy (non-hydrogen) atoms. The van der Waals surface area contributed by atoms with Crippen LogP contribution in [0.15, 0.2) is 48.7 Å².